The van der Waals surface area contributed by atoms with Gasteiger partial charge in [-0.15, -0.1) is 0 Å². The van der Waals surface area contributed by atoms with Gasteiger partial charge in [0.15, 0.2) is 0 Å². The highest BCUT2D eigenvalue weighted by Crippen LogP contribution is 2.19. The first kappa shape index (κ1) is 12.2. The highest BCUT2D eigenvalue weighted by Gasteiger charge is 2.13. The third-order valence-electron chi connectivity index (χ3n) is 3.03. The van der Waals surface area contributed by atoms with E-state index in [4.69, 9.17) is 5.73 Å². The average Bonchev–Trinajstić information content (AvgIpc) is 2.16. The Kier molecular flexibility index (Phi) is 4.28. The van der Waals surface area contributed by atoms with Crippen LogP contribution in [-0.2, 0) is 6.42 Å². The lowest BCUT2D eigenvalue weighted by molar-refractivity contribution is 0.391. The molecule has 1 nitrogen and oxygen atoms in total. The zero-order chi connectivity index (χ0) is 11.4. The van der Waals surface area contributed by atoms with Gasteiger partial charge in [-0.05, 0) is 55.0 Å². The zero-order valence-electron chi connectivity index (χ0n) is 9.76. The van der Waals surface area contributed by atoms with Crippen molar-refractivity contribution in [3.63, 3.8) is 0 Å². The molecule has 0 aliphatic carbocycles. The van der Waals surface area contributed by atoms with E-state index in [1.165, 1.54) is 11.6 Å². The summed E-state index contributed by atoms with van der Waals surface area (Å²) in [5, 5.41) is 0. The van der Waals surface area contributed by atoms with Crippen LogP contribution in [0.1, 0.15) is 25.0 Å². The molecule has 2 N–H and O–H groups in total. The summed E-state index contributed by atoms with van der Waals surface area (Å²) < 4.78 is 12.9. The Labute approximate surface area is 91.5 Å². The van der Waals surface area contributed by atoms with Gasteiger partial charge >= 0.3 is 0 Å². The molecule has 84 valence electrons. The minimum atomic E-state index is -0.162. The molecular formula is C13H20FN. The third-order valence-corrected chi connectivity index (χ3v) is 3.03. The van der Waals surface area contributed by atoms with Crippen LogP contribution in [0.15, 0.2) is 18.2 Å². The number of benzene rings is 1. The molecule has 0 radical (unpaired) electrons. The van der Waals surface area contributed by atoms with Crippen LogP contribution in [0.5, 0.6) is 0 Å². The number of aryl methyl sites for hydroxylation is 1. The molecule has 0 aliphatic heterocycles. The number of nitrogens with two attached hydrogens (primary N) is 1. The second-order valence-corrected chi connectivity index (χ2v) is 4.51. The largest absolute Gasteiger partial charge is 0.330 e. The van der Waals surface area contributed by atoms with Gasteiger partial charge in [-0.25, -0.2) is 4.39 Å². The molecule has 0 saturated carbocycles. The van der Waals surface area contributed by atoms with Gasteiger partial charge in [0.1, 0.15) is 5.82 Å². The summed E-state index contributed by atoms with van der Waals surface area (Å²) in [7, 11) is 0. The predicted molar refractivity (Wildman–Crippen MR) is 62.2 cm³/mol. The molecule has 15 heavy (non-hydrogen) atoms. The molecule has 2 heteroatoms. The van der Waals surface area contributed by atoms with Gasteiger partial charge in [0.25, 0.3) is 0 Å². The van der Waals surface area contributed by atoms with Crippen molar-refractivity contribution < 1.29 is 4.39 Å². The van der Waals surface area contributed by atoms with Gasteiger partial charge in [-0.3, -0.25) is 0 Å². The van der Waals surface area contributed by atoms with Crippen LogP contribution < -0.4 is 5.73 Å². The van der Waals surface area contributed by atoms with E-state index >= 15 is 0 Å². The molecule has 0 bridgehead atoms. The molecule has 0 saturated heterocycles. The minimum Gasteiger partial charge on any atom is -0.330 e. The smallest absolute Gasteiger partial charge is 0.123 e. The molecule has 1 atom stereocenters. The Morgan fingerprint density at radius 3 is 2.47 bits per heavy atom. The van der Waals surface area contributed by atoms with E-state index in [0.717, 1.165) is 12.0 Å². The van der Waals surface area contributed by atoms with E-state index in [-0.39, 0.29) is 5.82 Å². The lowest BCUT2D eigenvalue weighted by Gasteiger charge is -2.19. The number of rotatable bonds is 4. The SMILES string of the molecule is Cc1cc(F)ccc1CC(CN)C(C)C. The molecule has 1 aromatic rings. The van der Waals surface area contributed by atoms with Crippen molar-refractivity contribution in [1.29, 1.82) is 0 Å². The predicted octanol–water partition coefficient (Wildman–Crippen LogP) is 2.91. The molecule has 0 amide bonds. The summed E-state index contributed by atoms with van der Waals surface area (Å²) in [5.41, 5.74) is 7.96. The van der Waals surface area contributed by atoms with Crippen molar-refractivity contribution in [1.82, 2.24) is 0 Å². The Bertz CT molecular complexity index is 320. The van der Waals surface area contributed by atoms with Crippen LogP contribution in [-0.4, -0.2) is 6.54 Å². The molecular weight excluding hydrogens is 189 g/mol. The first-order valence-electron chi connectivity index (χ1n) is 5.49. The standard InChI is InChI=1S/C13H20FN/c1-9(2)12(8-15)7-11-4-5-13(14)6-10(11)3/h4-6,9,12H,7-8,15H2,1-3H3. The van der Waals surface area contributed by atoms with Crippen LogP contribution in [0.3, 0.4) is 0 Å². The van der Waals surface area contributed by atoms with Gasteiger partial charge in [-0.2, -0.15) is 0 Å². The van der Waals surface area contributed by atoms with E-state index in [1.807, 2.05) is 13.0 Å². The second-order valence-electron chi connectivity index (χ2n) is 4.51. The summed E-state index contributed by atoms with van der Waals surface area (Å²) in [4.78, 5) is 0. The lowest BCUT2D eigenvalue weighted by Crippen LogP contribution is -2.22. The summed E-state index contributed by atoms with van der Waals surface area (Å²) in [5.74, 6) is 0.888. The number of hydrogen-bond donors (Lipinski definition) is 1. The van der Waals surface area contributed by atoms with Crippen molar-refractivity contribution >= 4 is 0 Å². The van der Waals surface area contributed by atoms with Crippen molar-refractivity contribution in [2.45, 2.75) is 27.2 Å². The number of halogens is 1. The van der Waals surface area contributed by atoms with Gasteiger partial charge < -0.3 is 5.73 Å². The molecule has 1 unspecified atom stereocenters. The van der Waals surface area contributed by atoms with Crippen molar-refractivity contribution in [2.24, 2.45) is 17.6 Å². The van der Waals surface area contributed by atoms with Gasteiger partial charge in [0.05, 0.1) is 0 Å². The summed E-state index contributed by atoms with van der Waals surface area (Å²) in [6.45, 7) is 6.99. The molecule has 0 aromatic heterocycles. The zero-order valence-corrected chi connectivity index (χ0v) is 9.76. The average molecular weight is 209 g/mol. The second kappa shape index (κ2) is 5.26. The maximum absolute atomic E-state index is 12.9. The fourth-order valence-corrected chi connectivity index (χ4v) is 1.76. The third kappa shape index (κ3) is 3.31. The first-order chi connectivity index (χ1) is 7.04. The number of hydrogen-bond acceptors (Lipinski definition) is 1. The van der Waals surface area contributed by atoms with E-state index in [2.05, 4.69) is 13.8 Å². The van der Waals surface area contributed by atoms with Gasteiger partial charge in [-0.1, -0.05) is 19.9 Å². The lowest BCUT2D eigenvalue weighted by atomic mass is 9.88. The maximum atomic E-state index is 12.9. The van der Waals surface area contributed by atoms with Gasteiger partial charge in [0, 0.05) is 0 Å². The van der Waals surface area contributed by atoms with E-state index in [0.29, 0.717) is 18.4 Å². The quantitative estimate of drug-likeness (QED) is 0.810. The van der Waals surface area contributed by atoms with Crippen LogP contribution in [0.25, 0.3) is 0 Å². The summed E-state index contributed by atoms with van der Waals surface area (Å²) >= 11 is 0. The topological polar surface area (TPSA) is 26.0 Å². The van der Waals surface area contributed by atoms with Crippen LogP contribution >= 0.6 is 0 Å². The molecule has 0 heterocycles. The van der Waals surface area contributed by atoms with Gasteiger partial charge in [0.2, 0.25) is 0 Å². The summed E-state index contributed by atoms with van der Waals surface area (Å²) in [6.07, 6.45) is 0.945. The monoisotopic (exact) mass is 209 g/mol. The molecule has 1 rings (SSSR count). The van der Waals surface area contributed by atoms with E-state index in [1.54, 1.807) is 6.07 Å². The van der Waals surface area contributed by atoms with Crippen LogP contribution in [0.2, 0.25) is 0 Å². The maximum Gasteiger partial charge on any atom is 0.123 e. The fourth-order valence-electron chi connectivity index (χ4n) is 1.76. The fraction of sp³-hybridized carbons (Fsp3) is 0.538. The van der Waals surface area contributed by atoms with Crippen LogP contribution in [0.4, 0.5) is 4.39 Å². The minimum absolute atomic E-state index is 0.162. The van der Waals surface area contributed by atoms with Crippen molar-refractivity contribution in [3.05, 3.63) is 35.1 Å². The van der Waals surface area contributed by atoms with Crippen LogP contribution in [0, 0.1) is 24.6 Å². The highest BCUT2D eigenvalue weighted by molar-refractivity contribution is 5.27. The summed E-state index contributed by atoms with van der Waals surface area (Å²) in [6, 6.07) is 4.98. The molecule has 1 aromatic carbocycles. The van der Waals surface area contributed by atoms with Crippen molar-refractivity contribution in [3.8, 4) is 0 Å². The Morgan fingerprint density at radius 2 is 2.00 bits per heavy atom. The van der Waals surface area contributed by atoms with E-state index in [9.17, 15) is 4.39 Å². The molecule has 0 spiro atoms. The Balaban J connectivity index is 2.79. The molecule has 0 aliphatic rings. The first-order valence-corrected chi connectivity index (χ1v) is 5.49. The van der Waals surface area contributed by atoms with Crippen molar-refractivity contribution in [2.75, 3.05) is 6.54 Å². The normalized spacial score (nSPS) is 13.2. The molecule has 0 fully saturated rings. The Morgan fingerprint density at radius 1 is 1.33 bits per heavy atom. The highest BCUT2D eigenvalue weighted by atomic mass is 19.1. The Hall–Kier alpha value is -0.890. The van der Waals surface area contributed by atoms with E-state index < -0.39 is 0 Å².